The summed E-state index contributed by atoms with van der Waals surface area (Å²) in [6.45, 7) is 10.1. The lowest BCUT2D eigenvalue weighted by Crippen LogP contribution is -2.74. The molecule has 7 heteroatoms. The van der Waals surface area contributed by atoms with Gasteiger partial charge in [0.1, 0.15) is 23.5 Å². The van der Waals surface area contributed by atoms with Crippen LogP contribution in [0.15, 0.2) is 42.7 Å². The zero-order valence-electron chi connectivity index (χ0n) is 17.8. The van der Waals surface area contributed by atoms with Gasteiger partial charge < -0.3 is 10.1 Å². The minimum absolute atomic E-state index is 0.101. The summed E-state index contributed by atoms with van der Waals surface area (Å²) in [7, 11) is 0. The van der Waals surface area contributed by atoms with E-state index in [-0.39, 0.29) is 28.9 Å². The molecule has 0 spiro atoms. The number of carbonyl (C=O) groups excluding carboxylic acids is 1. The number of ether oxygens (including phenoxy) is 1. The minimum Gasteiger partial charge on any atom is -0.473 e. The average molecular weight is 403 g/mol. The van der Waals surface area contributed by atoms with Crippen molar-refractivity contribution in [3.8, 4) is 11.9 Å². The molecule has 0 aliphatic heterocycles. The third kappa shape index (κ3) is 3.00. The van der Waals surface area contributed by atoms with Gasteiger partial charge in [-0.1, -0.05) is 33.8 Å². The molecule has 1 N–H and O–H groups in total. The highest BCUT2D eigenvalue weighted by Crippen LogP contribution is 2.55. The lowest BCUT2D eigenvalue weighted by molar-refractivity contribution is -0.165. The third-order valence-electron chi connectivity index (χ3n) is 6.18. The maximum absolute atomic E-state index is 13.0. The number of imidazole rings is 1. The lowest BCUT2D eigenvalue weighted by atomic mass is 9.49. The van der Waals surface area contributed by atoms with Gasteiger partial charge in [-0.15, -0.1) is 0 Å². The molecule has 7 nitrogen and oxygen atoms in total. The average Bonchev–Trinajstić information content (AvgIpc) is 3.14. The summed E-state index contributed by atoms with van der Waals surface area (Å²) in [6, 6.07) is 11.1. The Morgan fingerprint density at radius 2 is 1.93 bits per heavy atom. The van der Waals surface area contributed by atoms with E-state index in [4.69, 9.17) is 10.00 Å². The molecular formula is C23H25N5O2. The normalized spacial score (nSPS) is 21.5. The molecule has 154 valence electrons. The van der Waals surface area contributed by atoms with Crippen molar-refractivity contribution in [2.45, 2.75) is 46.8 Å². The maximum atomic E-state index is 13.0. The van der Waals surface area contributed by atoms with Crippen LogP contribution in [0.3, 0.4) is 0 Å². The Morgan fingerprint density at radius 3 is 2.60 bits per heavy atom. The van der Waals surface area contributed by atoms with Crippen LogP contribution in [-0.2, 0) is 0 Å². The zero-order valence-corrected chi connectivity index (χ0v) is 17.8. The number of fused-ring (bicyclic) bond motifs is 1. The van der Waals surface area contributed by atoms with Crippen molar-refractivity contribution in [1.82, 2.24) is 19.7 Å². The van der Waals surface area contributed by atoms with Gasteiger partial charge in [-0.2, -0.15) is 5.26 Å². The second-order valence-electron chi connectivity index (χ2n) is 9.01. The number of carbonyl (C=O) groups is 1. The molecule has 1 amide bonds. The highest BCUT2D eigenvalue weighted by atomic mass is 16.5. The molecule has 0 radical (unpaired) electrons. The number of nitriles is 1. The number of nitrogens with zero attached hydrogens (tertiary/aromatic N) is 4. The van der Waals surface area contributed by atoms with E-state index in [0.717, 1.165) is 5.65 Å². The third-order valence-corrected chi connectivity index (χ3v) is 6.18. The number of amides is 1. The molecular weight excluding hydrogens is 378 g/mol. The molecule has 0 aromatic carbocycles. The first-order valence-corrected chi connectivity index (χ1v) is 9.93. The number of pyridine rings is 2. The number of hydrogen-bond donors (Lipinski definition) is 1. The zero-order chi connectivity index (χ0) is 21.7. The van der Waals surface area contributed by atoms with E-state index in [2.05, 4.69) is 49.0 Å². The van der Waals surface area contributed by atoms with Gasteiger partial charge in [0.25, 0.3) is 5.91 Å². The Hall–Kier alpha value is -3.40. The number of aryl methyl sites for hydroxylation is 1. The molecule has 3 aromatic rings. The first-order chi connectivity index (χ1) is 14.2. The Balaban J connectivity index is 1.54. The van der Waals surface area contributed by atoms with Gasteiger partial charge in [-0.05, 0) is 25.1 Å². The van der Waals surface area contributed by atoms with Crippen molar-refractivity contribution in [3.05, 3.63) is 59.7 Å². The molecule has 0 unspecified atom stereocenters. The fourth-order valence-electron chi connectivity index (χ4n) is 4.95. The second kappa shape index (κ2) is 6.84. The maximum Gasteiger partial charge on any atom is 0.270 e. The van der Waals surface area contributed by atoms with Gasteiger partial charge in [-0.3, -0.25) is 9.20 Å². The molecule has 30 heavy (non-hydrogen) atoms. The summed E-state index contributed by atoms with van der Waals surface area (Å²) < 4.78 is 8.03. The molecule has 4 rings (SSSR count). The van der Waals surface area contributed by atoms with Crippen LogP contribution in [0.4, 0.5) is 0 Å². The molecule has 3 aromatic heterocycles. The Morgan fingerprint density at radius 1 is 1.20 bits per heavy atom. The summed E-state index contributed by atoms with van der Waals surface area (Å²) in [4.78, 5) is 21.7. The number of nitrogens with one attached hydrogen (secondary N) is 1. The van der Waals surface area contributed by atoms with Crippen molar-refractivity contribution < 1.29 is 9.53 Å². The first kappa shape index (κ1) is 19.9. The van der Waals surface area contributed by atoms with Crippen LogP contribution >= 0.6 is 0 Å². The predicted octanol–water partition coefficient (Wildman–Crippen LogP) is 3.52. The van der Waals surface area contributed by atoms with E-state index in [0.29, 0.717) is 22.8 Å². The minimum atomic E-state index is -0.316. The van der Waals surface area contributed by atoms with Crippen molar-refractivity contribution in [2.24, 2.45) is 10.8 Å². The van der Waals surface area contributed by atoms with Crippen LogP contribution in [-0.4, -0.2) is 32.4 Å². The summed E-state index contributed by atoms with van der Waals surface area (Å²) in [5.74, 6) is 0.329. The number of rotatable bonds is 4. The lowest BCUT2D eigenvalue weighted by Gasteiger charge is -2.62. The van der Waals surface area contributed by atoms with Crippen LogP contribution in [0.5, 0.6) is 5.88 Å². The van der Waals surface area contributed by atoms with Crippen LogP contribution in [0, 0.1) is 29.1 Å². The van der Waals surface area contributed by atoms with Crippen LogP contribution in [0.25, 0.3) is 5.65 Å². The smallest absolute Gasteiger partial charge is 0.270 e. The topological polar surface area (TPSA) is 92.3 Å². The largest absolute Gasteiger partial charge is 0.473 e. The summed E-state index contributed by atoms with van der Waals surface area (Å²) in [6.07, 6.45) is 3.28. The highest BCUT2D eigenvalue weighted by molar-refractivity contribution is 5.93. The number of hydrogen-bond acceptors (Lipinski definition) is 5. The molecule has 1 fully saturated rings. The highest BCUT2D eigenvalue weighted by Gasteiger charge is 2.64. The van der Waals surface area contributed by atoms with Gasteiger partial charge in [-0.25, -0.2) is 9.97 Å². The fourth-order valence-corrected chi connectivity index (χ4v) is 4.95. The number of aromatic nitrogens is 3. The van der Waals surface area contributed by atoms with E-state index in [1.54, 1.807) is 29.7 Å². The van der Waals surface area contributed by atoms with Gasteiger partial charge in [0.05, 0.1) is 17.5 Å². The van der Waals surface area contributed by atoms with Crippen LogP contribution in [0.1, 0.15) is 49.4 Å². The monoisotopic (exact) mass is 403 g/mol. The van der Waals surface area contributed by atoms with E-state index in [1.165, 1.54) is 0 Å². The SMILES string of the molecule is Cc1nc(OC2C(C)(C)C(NC(=O)c3cnc4ccccn34)C2(C)C)ccc1C#N. The Bertz CT molecular complexity index is 1160. The summed E-state index contributed by atoms with van der Waals surface area (Å²) in [5, 5.41) is 12.3. The van der Waals surface area contributed by atoms with Gasteiger partial charge in [0, 0.05) is 29.1 Å². The van der Waals surface area contributed by atoms with Gasteiger partial charge in [0.15, 0.2) is 0 Å². The Labute approximate surface area is 175 Å². The van der Waals surface area contributed by atoms with Crippen molar-refractivity contribution >= 4 is 11.6 Å². The summed E-state index contributed by atoms with van der Waals surface area (Å²) >= 11 is 0. The van der Waals surface area contributed by atoms with Gasteiger partial charge >= 0.3 is 0 Å². The standard InChI is InChI=1S/C23H25N5O2/c1-14-15(12-24)9-10-18(26-14)30-21-22(2,3)20(23(21,4)5)27-19(29)16-13-25-17-8-6-7-11-28(16)17/h6-11,13,20-21H,1-5H3,(H,27,29). The van der Waals surface area contributed by atoms with E-state index < -0.39 is 0 Å². The molecule has 0 atom stereocenters. The van der Waals surface area contributed by atoms with E-state index in [9.17, 15) is 4.79 Å². The first-order valence-electron chi connectivity index (χ1n) is 9.93. The van der Waals surface area contributed by atoms with Crippen molar-refractivity contribution in [2.75, 3.05) is 0 Å². The van der Waals surface area contributed by atoms with Crippen molar-refractivity contribution in [1.29, 1.82) is 5.26 Å². The molecule has 0 bridgehead atoms. The second-order valence-corrected chi connectivity index (χ2v) is 9.01. The predicted molar refractivity (Wildman–Crippen MR) is 112 cm³/mol. The fraction of sp³-hybridized carbons (Fsp3) is 0.391. The quantitative estimate of drug-likeness (QED) is 0.719. The van der Waals surface area contributed by atoms with Gasteiger partial charge in [0.2, 0.25) is 5.88 Å². The van der Waals surface area contributed by atoms with E-state index >= 15 is 0 Å². The van der Waals surface area contributed by atoms with Crippen LogP contribution in [0.2, 0.25) is 0 Å². The molecule has 1 saturated carbocycles. The van der Waals surface area contributed by atoms with Crippen LogP contribution < -0.4 is 10.1 Å². The summed E-state index contributed by atoms with van der Waals surface area (Å²) in [5.41, 5.74) is 1.78. The molecule has 1 aliphatic rings. The molecule has 3 heterocycles. The molecule has 1 aliphatic carbocycles. The molecule has 0 saturated heterocycles. The van der Waals surface area contributed by atoms with Crippen molar-refractivity contribution in [3.63, 3.8) is 0 Å². The van der Waals surface area contributed by atoms with E-state index in [1.807, 2.05) is 24.4 Å². The Kier molecular flexibility index (Phi) is 4.53.